The van der Waals surface area contributed by atoms with Crippen molar-refractivity contribution in [3.8, 4) is 0 Å². The summed E-state index contributed by atoms with van der Waals surface area (Å²) in [6.45, 7) is 7.35. The molecule has 0 aliphatic heterocycles. The summed E-state index contributed by atoms with van der Waals surface area (Å²) in [5, 5.41) is 1.22. The van der Waals surface area contributed by atoms with Crippen molar-refractivity contribution in [2.24, 2.45) is 5.73 Å². The van der Waals surface area contributed by atoms with E-state index in [0.29, 0.717) is 25.8 Å². The predicted octanol–water partition coefficient (Wildman–Crippen LogP) is 1.97. The number of carbonyl (C=O) groups excluding carboxylic acids is 1. The van der Waals surface area contributed by atoms with Gasteiger partial charge in [-0.25, -0.2) is 4.98 Å². The highest BCUT2D eigenvalue weighted by Gasteiger charge is 2.18. The molecular weight excluding hydrogens is 282 g/mol. The van der Waals surface area contributed by atoms with E-state index in [-0.39, 0.29) is 4.74 Å². The zero-order valence-corrected chi connectivity index (χ0v) is 12.7. The van der Waals surface area contributed by atoms with Gasteiger partial charge in [0.25, 0.3) is 5.91 Å². The monoisotopic (exact) mass is 297 g/mol. The molecule has 2 aromatic rings. The van der Waals surface area contributed by atoms with Crippen molar-refractivity contribution in [1.29, 1.82) is 0 Å². The van der Waals surface area contributed by atoms with E-state index >= 15 is 0 Å². The Balaban J connectivity index is 2.71. The molecule has 0 unspecified atom stereocenters. The highest BCUT2D eigenvalue weighted by Crippen LogP contribution is 2.29. The highest BCUT2D eigenvalue weighted by molar-refractivity contribution is 7.21. The topological polar surface area (TPSA) is 76.3 Å². The van der Waals surface area contributed by atoms with E-state index in [1.807, 2.05) is 18.7 Å². The summed E-state index contributed by atoms with van der Waals surface area (Å²) in [4.78, 5) is 31.1. The van der Waals surface area contributed by atoms with E-state index in [2.05, 4.69) is 4.98 Å². The first-order valence-electron chi connectivity index (χ1n) is 5.98. The number of hydrogen-bond donors (Lipinski definition) is 1. The molecule has 2 aromatic heterocycles. The summed E-state index contributed by atoms with van der Waals surface area (Å²) in [6, 6.07) is 0. The summed E-state index contributed by atoms with van der Waals surface area (Å²) in [7, 11) is 0. The van der Waals surface area contributed by atoms with Crippen molar-refractivity contribution >= 4 is 43.9 Å². The van der Waals surface area contributed by atoms with Crippen molar-refractivity contribution < 1.29 is 4.79 Å². The molecule has 1 amide bonds. The lowest BCUT2D eigenvalue weighted by molar-refractivity contribution is 0.100. The maximum Gasteiger partial charge on any atom is 0.259 e. The van der Waals surface area contributed by atoms with Crippen molar-refractivity contribution in [3.05, 3.63) is 20.0 Å². The number of nitrogens with zero attached hydrogens (tertiary/aromatic N) is 2. The maximum atomic E-state index is 12.2. The van der Waals surface area contributed by atoms with Crippen LogP contribution in [-0.4, -0.2) is 24.0 Å². The molecule has 2 rings (SSSR count). The second-order valence-corrected chi connectivity index (χ2v) is 6.00. The number of rotatable bonds is 4. The van der Waals surface area contributed by atoms with Crippen LogP contribution in [0.4, 0.5) is 5.13 Å². The van der Waals surface area contributed by atoms with E-state index in [1.165, 1.54) is 11.3 Å². The maximum absolute atomic E-state index is 12.2. The minimum atomic E-state index is -0.505. The third-order valence-corrected chi connectivity index (χ3v) is 5.09. The standard InChI is InChI=1S/C12H15N3O2S2/c1-4-15(5-2)12-14-10-7(11(17)19-12)6(3)8(18-10)9(13)16/h4-5H2,1-3H3,(H2,13,16). The lowest BCUT2D eigenvalue weighted by atomic mass is 10.2. The number of aromatic nitrogens is 1. The number of fused-ring (bicyclic) bond motifs is 1. The van der Waals surface area contributed by atoms with Gasteiger partial charge in [-0.3, -0.25) is 9.59 Å². The van der Waals surface area contributed by atoms with Crippen LogP contribution in [0.1, 0.15) is 29.1 Å². The molecule has 102 valence electrons. The molecule has 0 saturated carbocycles. The molecule has 5 nitrogen and oxygen atoms in total. The van der Waals surface area contributed by atoms with Crippen LogP contribution in [0.25, 0.3) is 10.2 Å². The average molecular weight is 297 g/mol. The number of amides is 1. The smallest absolute Gasteiger partial charge is 0.259 e. The normalized spacial score (nSPS) is 10.9. The third kappa shape index (κ3) is 2.35. The molecule has 0 aliphatic rings. The molecule has 0 aromatic carbocycles. The minimum absolute atomic E-state index is 0.0619. The van der Waals surface area contributed by atoms with Gasteiger partial charge in [-0.1, -0.05) is 11.3 Å². The molecule has 2 N–H and O–H groups in total. The van der Waals surface area contributed by atoms with Gasteiger partial charge in [-0.2, -0.15) is 0 Å². The lowest BCUT2D eigenvalue weighted by Gasteiger charge is -2.17. The Labute approximate surface area is 118 Å². The Kier molecular flexibility index (Phi) is 3.86. The van der Waals surface area contributed by atoms with Crippen LogP contribution in [0.3, 0.4) is 0 Å². The fourth-order valence-electron chi connectivity index (χ4n) is 1.93. The van der Waals surface area contributed by atoms with E-state index in [1.54, 1.807) is 6.92 Å². The first kappa shape index (κ1) is 14.0. The largest absolute Gasteiger partial charge is 0.365 e. The van der Waals surface area contributed by atoms with Crippen LogP contribution in [0.15, 0.2) is 4.79 Å². The fraction of sp³-hybridized carbons (Fsp3) is 0.417. The van der Waals surface area contributed by atoms with Crippen LogP contribution in [0.5, 0.6) is 0 Å². The molecule has 0 aliphatic carbocycles. The Morgan fingerprint density at radius 2 is 1.95 bits per heavy atom. The van der Waals surface area contributed by atoms with Gasteiger partial charge in [0.05, 0.1) is 10.3 Å². The molecule has 0 fully saturated rings. The van der Waals surface area contributed by atoms with Gasteiger partial charge in [0.1, 0.15) is 4.83 Å². The van der Waals surface area contributed by atoms with Crippen LogP contribution in [0.2, 0.25) is 0 Å². The second kappa shape index (κ2) is 5.26. The summed E-state index contributed by atoms with van der Waals surface area (Å²) in [5.74, 6) is -0.505. The SMILES string of the molecule is CCN(CC)c1nc2sc(C(N)=O)c(C)c2c(=O)s1. The van der Waals surface area contributed by atoms with Gasteiger partial charge in [0, 0.05) is 13.1 Å². The molecule has 0 saturated heterocycles. The predicted molar refractivity (Wildman–Crippen MR) is 80.6 cm³/mol. The van der Waals surface area contributed by atoms with Gasteiger partial charge in [-0.05, 0) is 26.3 Å². The molecular formula is C12H15N3O2S2. The highest BCUT2D eigenvalue weighted by atomic mass is 32.1. The van der Waals surface area contributed by atoms with Crippen LogP contribution >= 0.6 is 22.7 Å². The van der Waals surface area contributed by atoms with Gasteiger partial charge in [0.15, 0.2) is 5.13 Å². The number of anilines is 1. The van der Waals surface area contributed by atoms with Gasteiger partial charge >= 0.3 is 0 Å². The van der Waals surface area contributed by atoms with Crippen LogP contribution < -0.4 is 15.4 Å². The summed E-state index contributed by atoms with van der Waals surface area (Å²) in [6.07, 6.45) is 0. The van der Waals surface area contributed by atoms with E-state index < -0.39 is 5.91 Å². The van der Waals surface area contributed by atoms with Gasteiger partial charge < -0.3 is 10.6 Å². The second-order valence-electron chi connectivity index (χ2n) is 4.06. The Morgan fingerprint density at radius 1 is 1.32 bits per heavy atom. The first-order chi connectivity index (χ1) is 8.99. The number of carbonyl (C=O) groups is 1. The zero-order chi connectivity index (χ0) is 14.2. The van der Waals surface area contributed by atoms with Crippen LogP contribution in [-0.2, 0) is 0 Å². The lowest BCUT2D eigenvalue weighted by Crippen LogP contribution is -2.23. The van der Waals surface area contributed by atoms with Crippen molar-refractivity contribution in [1.82, 2.24) is 4.98 Å². The number of nitrogens with two attached hydrogens (primary N) is 1. The first-order valence-corrected chi connectivity index (χ1v) is 7.61. The zero-order valence-electron chi connectivity index (χ0n) is 11.0. The Morgan fingerprint density at radius 3 is 2.47 bits per heavy atom. The van der Waals surface area contributed by atoms with E-state index in [4.69, 9.17) is 5.73 Å². The summed E-state index contributed by atoms with van der Waals surface area (Å²) in [5.41, 5.74) is 5.96. The third-order valence-electron chi connectivity index (χ3n) is 2.97. The molecule has 2 heterocycles. The summed E-state index contributed by atoms with van der Waals surface area (Å²) >= 11 is 2.31. The Hall–Kier alpha value is -1.47. The number of aryl methyl sites for hydroxylation is 1. The Bertz CT molecular complexity index is 686. The van der Waals surface area contributed by atoms with Crippen LogP contribution in [0, 0.1) is 6.92 Å². The van der Waals surface area contributed by atoms with Gasteiger partial charge in [0.2, 0.25) is 4.74 Å². The van der Waals surface area contributed by atoms with E-state index in [0.717, 1.165) is 24.4 Å². The fourth-order valence-corrected chi connectivity index (χ4v) is 4.12. The minimum Gasteiger partial charge on any atom is -0.365 e. The van der Waals surface area contributed by atoms with E-state index in [9.17, 15) is 9.59 Å². The molecule has 0 atom stereocenters. The molecule has 19 heavy (non-hydrogen) atoms. The number of thiophene rings is 1. The summed E-state index contributed by atoms with van der Waals surface area (Å²) < 4.78 is -0.0619. The number of primary amides is 1. The molecule has 7 heteroatoms. The van der Waals surface area contributed by atoms with Gasteiger partial charge in [-0.15, -0.1) is 11.3 Å². The molecule has 0 bridgehead atoms. The average Bonchev–Trinajstić information content (AvgIpc) is 2.69. The van der Waals surface area contributed by atoms with Crippen molar-refractivity contribution in [2.75, 3.05) is 18.0 Å². The number of hydrogen-bond acceptors (Lipinski definition) is 6. The quantitative estimate of drug-likeness (QED) is 0.936. The molecule has 0 radical (unpaired) electrons. The van der Waals surface area contributed by atoms with Crippen molar-refractivity contribution in [2.45, 2.75) is 20.8 Å². The molecule has 0 spiro atoms. The van der Waals surface area contributed by atoms with Crippen molar-refractivity contribution in [3.63, 3.8) is 0 Å².